The van der Waals surface area contributed by atoms with Crippen LogP contribution in [0, 0.1) is 0 Å². The molecular formula is AgBaCuO4Y. The summed E-state index contributed by atoms with van der Waals surface area (Å²) in [6.07, 6.45) is 0. The van der Waals surface area contributed by atoms with Gasteiger partial charge >= 0.3 is 121 Å². The van der Waals surface area contributed by atoms with Crippen LogP contribution in [0.3, 0.4) is 0 Å². The van der Waals surface area contributed by atoms with Gasteiger partial charge in [0.05, 0.1) is 0 Å². The Morgan fingerprint density at radius 1 is 0.625 bits per heavy atom. The fourth-order valence-electron chi connectivity index (χ4n) is 0. The molecule has 0 spiro atoms. The van der Waals surface area contributed by atoms with Crippen LogP contribution in [0.4, 0.5) is 0 Å². The van der Waals surface area contributed by atoms with Crippen molar-refractivity contribution in [3.63, 3.8) is 0 Å². The Balaban J connectivity index is 0. The van der Waals surface area contributed by atoms with Gasteiger partial charge < -0.3 is 21.9 Å². The molecule has 0 N–H and O–H groups in total. The molecule has 0 atom stereocenters. The Bertz CT molecular complexity index is 16.0. The summed E-state index contributed by atoms with van der Waals surface area (Å²) in [5.74, 6) is 0. The Hall–Kier alpha value is 3.78. The molecule has 0 aromatic rings. The van der Waals surface area contributed by atoms with Crippen molar-refractivity contribution in [2.24, 2.45) is 0 Å². The summed E-state index contributed by atoms with van der Waals surface area (Å²) in [6.45, 7) is 0. The number of hydrogen-bond donors (Lipinski definition) is 0. The molecule has 0 bridgehead atoms. The zero-order valence-electron chi connectivity index (χ0n) is 3.52. The normalized spacial score (nSPS) is 0. The quantitative estimate of drug-likeness (QED) is 0.418. The van der Waals surface area contributed by atoms with E-state index in [0.29, 0.717) is 0 Å². The Morgan fingerprint density at radius 2 is 0.625 bits per heavy atom. The van der Waals surface area contributed by atoms with Crippen LogP contribution in [-0.2, 0) is 94.1 Å². The Morgan fingerprint density at radius 3 is 0.625 bits per heavy atom. The van der Waals surface area contributed by atoms with Crippen LogP contribution in [0.15, 0.2) is 0 Å². The number of rotatable bonds is 0. The predicted octanol–water partition coefficient (Wildman–Crippen LogP) is -0.864. The van der Waals surface area contributed by atoms with Crippen molar-refractivity contribution in [3.8, 4) is 0 Å². The topological polar surface area (TPSA) is 114 Å². The summed E-state index contributed by atoms with van der Waals surface area (Å²) < 4.78 is 0. The smallest absolute Gasteiger partial charge is 2.00 e. The van der Waals surface area contributed by atoms with Gasteiger partial charge in [-0.15, -0.1) is 0 Å². The zero-order chi connectivity index (χ0) is 0. The molecule has 0 aliphatic carbocycles. The molecule has 0 aromatic heterocycles. The summed E-state index contributed by atoms with van der Waals surface area (Å²) in [5.41, 5.74) is 0. The van der Waals surface area contributed by atoms with Gasteiger partial charge in [-0.25, -0.2) is 0 Å². The van der Waals surface area contributed by atoms with Gasteiger partial charge in [0.25, 0.3) is 0 Å². The molecule has 0 saturated heterocycles. The first-order valence-electron chi connectivity index (χ1n) is 0. The largest absolute Gasteiger partial charge is 3.00 e. The molecular weight excluding hydrogens is 462 g/mol. The van der Waals surface area contributed by atoms with E-state index in [1.165, 1.54) is 0 Å². The maximum Gasteiger partial charge on any atom is 3.00 e. The minimum absolute atomic E-state index is 0. The van der Waals surface area contributed by atoms with Gasteiger partial charge in [0.1, 0.15) is 0 Å². The van der Waals surface area contributed by atoms with E-state index in [9.17, 15) is 0 Å². The van der Waals surface area contributed by atoms with Crippen molar-refractivity contribution in [3.05, 3.63) is 0 Å². The molecule has 0 aliphatic rings. The van der Waals surface area contributed by atoms with Crippen molar-refractivity contribution in [1.82, 2.24) is 0 Å². The molecule has 0 fully saturated rings. The minimum atomic E-state index is 0. The van der Waals surface area contributed by atoms with Gasteiger partial charge in [-0.05, 0) is 0 Å². The van der Waals surface area contributed by atoms with Crippen molar-refractivity contribution in [2.75, 3.05) is 0 Å². The molecule has 8 heavy (non-hydrogen) atoms. The standard InChI is InChI=1S/Ag.Ba.Cu.4O.Y/q+1;2*+2;4*-2;+3. The average Bonchev–Trinajstić information content (AvgIpc) is 0. The second-order valence-electron chi connectivity index (χ2n) is 0. The third-order valence-electron chi connectivity index (χ3n) is 0. The maximum absolute atomic E-state index is 0. The Kier molecular flexibility index (Phi) is 866. The molecule has 51 valence electrons. The van der Waals surface area contributed by atoms with Gasteiger partial charge in [-0.1, -0.05) is 0 Å². The predicted molar refractivity (Wildman–Crippen MR) is 8.50 cm³/mol. The summed E-state index contributed by atoms with van der Waals surface area (Å²) >= 11 is 0. The van der Waals surface area contributed by atoms with E-state index < -0.39 is 0 Å². The van der Waals surface area contributed by atoms with Crippen LogP contribution in [0.2, 0.25) is 0 Å². The first-order chi connectivity index (χ1) is 0. The van der Waals surface area contributed by atoms with E-state index in [2.05, 4.69) is 0 Å². The molecule has 4 nitrogen and oxygen atoms in total. The minimum Gasteiger partial charge on any atom is -2.00 e. The fraction of sp³-hybridized carbons (Fsp3) is 0. The van der Waals surface area contributed by atoms with E-state index in [-0.39, 0.29) is 143 Å². The second kappa shape index (κ2) is 72.2. The molecule has 0 amide bonds. The SMILES string of the molecule is [Ag+].[Ba+2].[Cu+2].[O-2].[O-2].[O-2].[O-2].[Y+3]. The fourth-order valence-corrected chi connectivity index (χ4v) is 0. The van der Waals surface area contributed by atoms with Gasteiger partial charge in [-0.2, -0.15) is 0 Å². The van der Waals surface area contributed by atoms with Crippen LogP contribution in [0.5, 0.6) is 0 Å². The van der Waals surface area contributed by atoms with Crippen molar-refractivity contribution >= 4 is 48.9 Å². The maximum atomic E-state index is 0. The third-order valence-corrected chi connectivity index (χ3v) is 0. The van der Waals surface area contributed by atoms with E-state index in [1.54, 1.807) is 0 Å². The van der Waals surface area contributed by atoms with Gasteiger partial charge in [0.15, 0.2) is 0 Å². The Labute approximate surface area is 139 Å². The van der Waals surface area contributed by atoms with E-state index >= 15 is 0 Å². The molecule has 0 heterocycles. The average molecular weight is 462 g/mol. The monoisotopic (exact) mass is 461 g/mol. The van der Waals surface area contributed by atoms with Crippen LogP contribution in [-0.4, -0.2) is 48.9 Å². The van der Waals surface area contributed by atoms with Crippen molar-refractivity contribution in [2.45, 2.75) is 0 Å². The molecule has 0 unspecified atom stereocenters. The second-order valence-corrected chi connectivity index (χ2v) is 0. The van der Waals surface area contributed by atoms with Crippen LogP contribution >= 0.6 is 0 Å². The first kappa shape index (κ1) is 95.9. The van der Waals surface area contributed by atoms with Gasteiger partial charge in [-0.3, -0.25) is 0 Å². The van der Waals surface area contributed by atoms with Crippen LogP contribution in [0.25, 0.3) is 0 Å². The summed E-state index contributed by atoms with van der Waals surface area (Å²) in [4.78, 5) is 0. The van der Waals surface area contributed by atoms with E-state index in [1.807, 2.05) is 0 Å². The van der Waals surface area contributed by atoms with E-state index in [4.69, 9.17) is 0 Å². The number of hydrogen-bond acceptors (Lipinski definition) is 0. The van der Waals surface area contributed by atoms with Crippen molar-refractivity contribution in [1.29, 1.82) is 0 Å². The first-order valence-corrected chi connectivity index (χ1v) is 0. The molecule has 1 radical (unpaired) electrons. The van der Waals surface area contributed by atoms with Crippen molar-refractivity contribution < 1.29 is 94.1 Å². The molecule has 0 rings (SSSR count). The molecule has 0 saturated carbocycles. The van der Waals surface area contributed by atoms with Crippen LogP contribution in [0.1, 0.15) is 0 Å². The zero-order valence-corrected chi connectivity index (χ0v) is 13.2. The van der Waals surface area contributed by atoms with Gasteiger partial charge in [0.2, 0.25) is 0 Å². The van der Waals surface area contributed by atoms with Crippen LogP contribution < -0.4 is 0 Å². The molecule has 0 aliphatic heterocycles. The summed E-state index contributed by atoms with van der Waals surface area (Å²) in [7, 11) is 0. The summed E-state index contributed by atoms with van der Waals surface area (Å²) in [5, 5.41) is 0. The molecule has 8 heteroatoms. The van der Waals surface area contributed by atoms with E-state index in [0.717, 1.165) is 0 Å². The molecule has 0 aromatic carbocycles. The summed E-state index contributed by atoms with van der Waals surface area (Å²) in [6, 6.07) is 0. The van der Waals surface area contributed by atoms with Gasteiger partial charge in [0, 0.05) is 0 Å². The third kappa shape index (κ3) is 52.8.